The minimum absolute atomic E-state index is 0.313. The molecule has 0 spiro atoms. The molecule has 0 unspecified atom stereocenters. The molecule has 0 saturated carbocycles. The molecule has 2 aromatic heterocycles. The average Bonchev–Trinajstić information content (AvgIpc) is 3.09. The number of carbonyl (C=O) groups is 1. The number of hydrogen-bond donors (Lipinski definition) is 2. The number of aromatic nitrogens is 3. The zero-order chi connectivity index (χ0) is 20.2. The molecular weight excluding hydrogens is 393 g/mol. The first-order chi connectivity index (χ1) is 14.1. The van der Waals surface area contributed by atoms with Crippen LogP contribution < -0.4 is 10.6 Å². The van der Waals surface area contributed by atoms with Gasteiger partial charge in [0.15, 0.2) is 5.65 Å². The monoisotopic (exact) mass is 409 g/mol. The maximum atomic E-state index is 13.3. The first kappa shape index (κ1) is 18.9. The molecule has 2 N–H and O–H groups in total. The van der Waals surface area contributed by atoms with Crippen molar-refractivity contribution in [1.29, 1.82) is 0 Å². The Kier molecular flexibility index (Phi) is 5.39. The van der Waals surface area contributed by atoms with Crippen molar-refractivity contribution < 1.29 is 9.18 Å². The van der Waals surface area contributed by atoms with Gasteiger partial charge in [-0.25, -0.2) is 19.2 Å². The zero-order valence-electron chi connectivity index (χ0n) is 15.3. The van der Waals surface area contributed by atoms with Crippen LogP contribution in [0.15, 0.2) is 66.9 Å². The van der Waals surface area contributed by atoms with Crippen LogP contribution in [-0.2, 0) is 6.54 Å². The van der Waals surface area contributed by atoms with Crippen LogP contribution in [0.4, 0.5) is 14.9 Å². The fourth-order valence-electron chi connectivity index (χ4n) is 3.00. The summed E-state index contributed by atoms with van der Waals surface area (Å²) in [7, 11) is 0. The number of nitrogens with zero attached hydrogens (tertiary/aromatic N) is 3. The van der Waals surface area contributed by atoms with E-state index >= 15 is 0 Å². The molecule has 0 saturated heterocycles. The van der Waals surface area contributed by atoms with Gasteiger partial charge in [-0.2, -0.15) is 0 Å². The number of rotatable bonds is 5. The number of urea groups is 1. The first-order valence-corrected chi connectivity index (χ1v) is 9.36. The van der Waals surface area contributed by atoms with Gasteiger partial charge >= 0.3 is 6.03 Å². The van der Waals surface area contributed by atoms with E-state index in [9.17, 15) is 9.18 Å². The number of amides is 2. The summed E-state index contributed by atoms with van der Waals surface area (Å²) in [6.07, 6.45) is 1.69. The van der Waals surface area contributed by atoms with Crippen LogP contribution in [0.5, 0.6) is 0 Å². The summed E-state index contributed by atoms with van der Waals surface area (Å²) in [5.74, 6) is 0.347. The third kappa shape index (κ3) is 4.20. The number of hydrogen-bond acceptors (Lipinski definition) is 3. The van der Waals surface area contributed by atoms with Gasteiger partial charge in [0.1, 0.15) is 17.2 Å². The lowest BCUT2D eigenvalue weighted by atomic mass is 10.2. The van der Waals surface area contributed by atoms with E-state index in [-0.39, 0.29) is 11.8 Å². The maximum absolute atomic E-state index is 13.3. The van der Waals surface area contributed by atoms with E-state index < -0.39 is 0 Å². The molecule has 0 aliphatic carbocycles. The Morgan fingerprint density at radius 2 is 1.86 bits per heavy atom. The molecule has 2 heterocycles. The van der Waals surface area contributed by atoms with Gasteiger partial charge in [0.05, 0.1) is 10.7 Å². The molecule has 8 heteroatoms. The zero-order valence-corrected chi connectivity index (χ0v) is 16.0. The molecule has 0 radical (unpaired) electrons. The summed E-state index contributed by atoms with van der Waals surface area (Å²) in [5, 5.41) is 5.98. The number of para-hydroxylation sites is 1. The Morgan fingerprint density at radius 1 is 1.07 bits per heavy atom. The number of halogens is 2. The molecule has 6 nitrogen and oxygen atoms in total. The number of fused-ring (bicyclic) bond motifs is 1. The van der Waals surface area contributed by atoms with Gasteiger partial charge in [-0.15, -0.1) is 0 Å². The Labute approximate surface area is 171 Å². The molecule has 0 fully saturated rings. The highest BCUT2D eigenvalue weighted by molar-refractivity contribution is 6.33. The maximum Gasteiger partial charge on any atom is 0.319 e. The second kappa shape index (κ2) is 8.28. The quantitative estimate of drug-likeness (QED) is 0.501. The van der Waals surface area contributed by atoms with Gasteiger partial charge < -0.3 is 15.2 Å². The Morgan fingerprint density at radius 3 is 2.66 bits per heavy atom. The van der Waals surface area contributed by atoms with E-state index in [1.165, 1.54) is 12.1 Å². The SMILES string of the molecule is O=C(NCCn1c(-c2ccc(F)cc2)nc2cccnc21)Nc1ccccc1Cl. The van der Waals surface area contributed by atoms with E-state index in [2.05, 4.69) is 20.6 Å². The topological polar surface area (TPSA) is 71.8 Å². The number of anilines is 1. The summed E-state index contributed by atoms with van der Waals surface area (Å²) in [6.45, 7) is 0.780. The van der Waals surface area contributed by atoms with Crippen LogP contribution in [0.3, 0.4) is 0 Å². The van der Waals surface area contributed by atoms with Crippen LogP contribution in [0, 0.1) is 5.82 Å². The van der Waals surface area contributed by atoms with Gasteiger partial charge in [0.25, 0.3) is 0 Å². The minimum Gasteiger partial charge on any atom is -0.336 e. The van der Waals surface area contributed by atoms with Gasteiger partial charge in [-0.05, 0) is 48.5 Å². The second-order valence-electron chi connectivity index (χ2n) is 6.30. The highest BCUT2D eigenvalue weighted by Crippen LogP contribution is 2.24. The van der Waals surface area contributed by atoms with E-state index in [1.807, 2.05) is 16.7 Å². The molecule has 4 aromatic rings. The van der Waals surface area contributed by atoms with Crippen molar-refractivity contribution in [3.05, 3.63) is 77.7 Å². The van der Waals surface area contributed by atoms with Gasteiger partial charge in [0, 0.05) is 24.8 Å². The van der Waals surface area contributed by atoms with Crippen molar-refractivity contribution in [3.63, 3.8) is 0 Å². The third-order valence-corrected chi connectivity index (χ3v) is 4.68. The smallest absolute Gasteiger partial charge is 0.319 e. The minimum atomic E-state index is -0.362. The number of imidazole rings is 1. The normalized spacial score (nSPS) is 10.8. The summed E-state index contributed by atoms with van der Waals surface area (Å²) in [5.41, 5.74) is 2.73. The summed E-state index contributed by atoms with van der Waals surface area (Å²) in [6, 6.07) is 16.4. The van der Waals surface area contributed by atoms with Crippen molar-refractivity contribution in [1.82, 2.24) is 19.9 Å². The summed E-state index contributed by atoms with van der Waals surface area (Å²) in [4.78, 5) is 21.2. The van der Waals surface area contributed by atoms with Gasteiger partial charge in [0.2, 0.25) is 0 Å². The number of carbonyl (C=O) groups excluding carboxylic acids is 1. The molecule has 0 bridgehead atoms. The lowest BCUT2D eigenvalue weighted by molar-refractivity contribution is 0.251. The largest absolute Gasteiger partial charge is 0.336 e. The van der Waals surface area contributed by atoms with Crippen molar-refractivity contribution >= 4 is 34.5 Å². The fraction of sp³-hybridized carbons (Fsp3) is 0.0952. The summed E-state index contributed by atoms with van der Waals surface area (Å²) >= 11 is 6.06. The average molecular weight is 410 g/mol. The standard InChI is InChI=1S/C21H17ClFN5O/c22-16-4-1-2-5-17(16)27-21(29)25-12-13-28-19(14-7-9-15(23)10-8-14)26-18-6-3-11-24-20(18)28/h1-11H,12-13H2,(H2,25,27,29). The van der Waals surface area contributed by atoms with E-state index in [0.717, 1.165) is 11.1 Å². The van der Waals surface area contributed by atoms with Crippen molar-refractivity contribution in [2.24, 2.45) is 0 Å². The lowest BCUT2D eigenvalue weighted by Gasteiger charge is -2.11. The van der Waals surface area contributed by atoms with Crippen molar-refractivity contribution in [3.8, 4) is 11.4 Å². The molecular formula is C21H17ClFN5O. The van der Waals surface area contributed by atoms with E-state index in [1.54, 1.807) is 42.6 Å². The molecule has 0 atom stereocenters. The number of pyridine rings is 1. The van der Waals surface area contributed by atoms with Crippen LogP contribution >= 0.6 is 11.6 Å². The third-order valence-electron chi connectivity index (χ3n) is 4.35. The van der Waals surface area contributed by atoms with E-state index in [4.69, 9.17) is 11.6 Å². The first-order valence-electron chi connectivity index (χ1n) is 8.98. The van der Waals surface area contributed by atoms with Crippen LogP contribution in [0.25, 0.3) is 22.6 Å². The Balaban J connectivity index is 1.51. The Hall–Kier alpha value is -3.45. The van der Waals surface area contributed by atoms with E-state index in [0.29, 0.717) is 35.3 Å². The molecule has 4 rings (SSSR count). The predicted octanol–water partition coefficient (Wildman–Crippen LogP) is 4.71. The summed E-state index contributed by atoms with van der Waals surface area (Å²) < 4.78 is 15.2. The molecule has 2 amide bonds. The predicted molar refractivity (Wildman–Crippen MR) is 111 cm³/mol. The Bertz CT molecular complexity index is 1160. The van der Waals surface area contributed by atoms with Gasteiger partial charge in [-0.1, -0.05) is 23.7 Å². The second-order valence-corrected chi connectivity index (χ2v) is 6.71. The van der Waals surface area contributed by atoms with Crippen molar-refractivity contribution in [2.45, 2.75) is 6.54 Å². The van der Waals surface area contributed by atoms with Crippen LogP contribution in [0.2, 0.25) is 5.02 Å². The van der Waals surface area contributed by atoms with Crippen LogP contribution in [0.1, 0.15) is 0 Å². The molecule has 2 aromatic carbocycles. The molecule has 0 aliphatic rings. The molecule has 29 heavy (non-hydrogen) atoms. The van der Waals surface area contributed by atoms with Crippen molar-refractivity contribution in [2.75, 3.05) is 11.9 Å². The molecule has 0 aliphatic heterocycles. The number of benzene rings is 2. The highest BCUT2D eigenvalue weighted by atomic mass is 35.5. The molecule has 146 valence electrons. The van der Waals surface area contributed by atoms with Gasteiger partial charge in [-0.3, -0.25) is 0 Å². The highest BCUT2D eigenvalue weighted by Gasteiger charge is 2.14. The lowest BCUT2D eigenvalue weighted by Crippen LogP contribution is -2.31. The number of nitrogens with one attached hydrogen (secondary N) is 2. The fourth-order valence-corrected chi connectivity index (χ4v) is 3.18. The van der Waals surface area contributed by atoms with Crippen LogP contribution in [-0.4, -0.2) is 27.1 Å².